The molecule has 0 fully saturated rings. The summed E-state index contributed by atoms with van der Waals surface area (Å²) in [4.78, 5) is 19.3. The van der Waals surface area contributed by atoms with Crippen molar-refractivity contribution in [2.24, 2.45) is 0 Å². The summed E-state index contributed by atoms with van der Waals surface area (Å²) in [6.45, 7) is 0. The van der Waals surface area contributed by atoms with Crippen molar-refractivity contribution in [3.05, 3.63) is 22.3 Å². The van der Waals surface area contributed by atoms with Gasteiger partial charge in [-0.2, -0.15) is 0 Å². The van der Waals surface area contributed by atoms with Gasteiger partial charge in [0.25, 0.3) is 0 Å². The van der Waals surface area contributed by atoms with Crippen LogP contribution in [0.1, 0.15) is 9.67 Å². The van der Waals surface area contributed by atoms with Crippen molar-refractivity contribution in [2.75, 3.05) is 0 Å². The highest BCUT2D eigenvalue weighted by Gasteiger charge is 2.09. The lowest BCUT2D eigenvalue weighted by molar-refractivity contribution is 0.0702. The maximum atomic E-state index is 10.6. The van der Waals surface area contributed by atoms with Gasteiger partial charge in [0.15, 0.2) is 0 Å². The maximum absolute atomic E-state index is 10.6. The zero-order valence-electron chi connectivity index (χ0n) is 6.19. The lowest BCUT2D eigenvalue weighted by atomic mass is 10.4. The molecule has 4 nitrogen and oxygen atoms in total. The molecule has 2 rings (SSSR count). The van der Waals surface area contributed by atoms with Gasteiger partial charge in [0.1, 0.15) is 20.4 Å². The molecule has 6 heteroatoms. The fraction of sp³-hybridized carbons (Fsp3) is 0. The van der Waals surface area contributed by atoms with Crippen LogP contribution in [0, 0.1) is 0 Å². The Balaban J connectivity index is 2.68. The van der Waals surface area contributed by atoms with Crippen LogP contribution in [-0.4, -0.2) is 21.0 Å². The molecule has 0 saturated carbocycles. The predicted octanol–water partition coefficient (Wildman–Crippen LogP) is 2.04. The highest BCUT2D eigenvalue weighted by Crippen LogP contribution is 2.22. The summed E-state index contributed by atoms with van der Waals surface area (Å²) in [6.07, 6.45) is 1.39. The van der Waals surface area contributed by atoms with Crippen LogP contribution in [0.2, 0.25) is 5.15 Å². The van der Waals surface area contributed by atoms with Gasteiger partial charge in [-0.3, -0.25) is 0 Å². The summed E-state index contributed by atoms with van der Waals surface area (Å²) in [5.41, 5.74) is 0.523. The Kier molecular flexibility index (Phi) is 1.90. The Labute approximate surface area is 81.8 Å². The molecule has 0 atom stereocenters. The first-order chi connectivity index (χ1) is 6.16. The van der Waals surface area contributed by atoms with Crippen LogP contribution in [0.25, 0.3) is 10.3 Å². The van der Waals surface area contributed by atoms with Crippen LogP contribution in [-0.2, 0) is 0 Å². The van der Waals surface area contributed by atoms with Crippen LogP contribution in [0.5, 0.6) is 0 Å². The lowest BCUT2D eigenvalue weighted by Crippen LogP contribution is -1.89. The maximum Gasteiger partial charge on any atom is 0.346 e. The average molecular weight is 215 g/mol. The van der Waals surface area contributed by atoms with Crippen LogP contribution >= 0.6 is 22.9 Å². The Hall–Kier alpha value is -1.20. The standard InChI is InChI=1S/C7H3ClN2O2S/c8-5-2-9-6-3(10-5)1-4(13-6)7(11)12/h1-2H,(H,11,12). The van der Waals surface area contributed by atoms with Crippen LogP contribution in [0.4, 0.5) is 0 Å². The van der Waals surface area contributed by atoms with Gasteiger partial charge in [-0.05, 0) is 6.07 Å². The highest BCUT2D eigenvalue weighted by atomic mass is 35.5. The summed E-state index contributed by atoms with van der Waals surface area (Å²) in [6, 6.07) is 1.46. The molecule has 0 aliphatic carbocycles. The van der Waals surface area contributed by atoms with E-state index in [9.17, 15) is 4.79 Å². The van der Waals surface area contributed by atoms with Gasteiger partial charge < -0.3 is 5.11 Å². The third-order valence-corrected chi connectivity index (χ3v) is 2.62. The largest absolute Gasteiger partial charge is 0.477 e. The number of halogens is 1. The highest BCUT2D eigenvalue weighted by molar-refractivity contribution is 7.20. The van der Waals surface area contributed by atoms with E-state index in [1.54, 1.807) is 0 Å². The molecule has 0 aromatic carbocycles. The fourth-order valence-corrected chi connectivity index (χ4v) is 1.83. The first-order valence-corrected chi connectivity index (χ1v) is 4.51. The van der Waals surface area contributed by atoms with Gasteiger partial charge in [-0.25, -0.2) is 14.8 Å². The van der Waals surface area contributed by atoms with Crippen molar-refractivity contribution in [3.8, 4) is 0 Å². The quantitative estimate of drug-likeness (QED) is 0.789. The fourth-order valence-electron chi connectivity index (χ4n) is 0.906. The van der Waals surface area contributed by atoms with Crippen molar-refractivity contribution in [1.29, 1.82) is 0 Å². The van der Waals surface area contributed by atoms with Crippen molar-refractivity contribution >= 4 is 39.3 Å². The Morgan fingerprint density at radius 3 is 3.08 bits per heavy atom. The van der Waals surface area contributed by atoms with Crippen LogP contribution in [0.15, 0.2) is 12.3 Å². The molecule has 0 radical (unpaired) electrons. The van der Waals surface area contributed by atoms with Crippen molar-refractivity contribution < 1.29 is 9.90 Å². The SMILES string of the molecule is O=C(O)c1cc2nc(Cl)cnc2s1. The molecule has 2 heterocycles. The predicted molar refractivity (Wildman–Crippen MR) is 49.4 cm³/mol. The van der Waals surface area contributed by atoms with E-state index in [1.165, 1.54) is 12.3 Å². The second-order valence-corrected chi connectivity index (χ2v) is 3.72. The topological polar surface area (TPSA) is 63.1 Å². The zero-order chi connectivity index (χ0) is 9.42. The van der Waals surface area contributed by atoms with E-state index in [-0.39, 0.29) is 10.0 Å². The summed E-state index contributed by atoms with van der Waals surface area (Å²) in [5.74, 6) is -0.971. The molecule has 1 N–H and O–H groups in total. The molecule has 2 aromatic rings. The summed E-state index contributed by atoms with van der Waals surface area (Å²) >= 11 is 6.67. The van der Waals surface area contributed by atoms with E-state index >= 15 is 0 Å². The minimum absolute atomic E-state index is 0.220. The number of aromatic nitrogens is 2. The minimum atomic E-state index is -0.971. The Morgan fingerprint density at radius 2 is 2.38 bits per heavy atom. The van der Waals surface area contributed by atoms with Gasteiger partial charge in [0, 0.05) is 0 Å². The second-order valence-electron chi connectivity index (χ2n) is 2.30. The van der Waals surface area contributed by atoms with E-state index < -0.39 is 5.97 Å². The number of hydrogen-bond donors (Lipinski definition) is 1. The molecule has 0 amide bonds. The first-order valence-electron chi connectivity index (χ1n) is 3.32. The molecule has 2 aromatic heterocycles. The number of fused-ring (bicyclic) bond motifs is 1. The van der Waals surface area contributed by atoms with Gasteiger partial charge in [-0.1, -0.05) is 11.6 Å². The Morgan fingerprint density at radius 1 is 1.62 bits per heavy atom. The normalized spacial score (nSPS) is 10.5. The Bertz CT molecular complexity index is 482. The summed E-state index contributed by atoms with van der Waals surface area (Å²) in [7, 11) is 0. The van der Waals surface area contributed by atoms with E-state index in [1.807, 2.05) is 0 Å². The number of carboxylic acids is 1. The van der Waals surface area contributed by atoms with E-state index in [4.69, 9.17) is 16.7 Å². The molecule has 13 heavy (non-hydrogen) atoms. The molecule has 0 aliphatic rings. The van der Waals surface area contributed by atoms with Crippen molar-refractivity contribution in [3.63, 3.8) is 0 Å². The minimum Gasteiger partial charge on any atom is -0.477 e. The molecular weight excluding hydrogens is 212 g/mol. The average Bonchev–Trinajstić information content (AvgIpc) is 2.46. The zero-order valence-corrected chi connectivity index (χ0v) is 7.76. The molecule has 0 spiro atoms. The van der Waals surface area contributed by atoms with E-state index in [0.29, 0.717) is 10.3 Å². The number of nitrogens with zero attached hydrogens (tertiary/aromatic N) is 2. The monoisotopic (exact) mass is 214 g/mol. The third-order valence-electron chi connectivity index (χ3n) is 1.42. The lowest BCUT2D eigenvalue weighted by Gasteiger charge is -1.86. The number of carbonyl (C=O) groups is 1. The first kappa shape index (κ1) is 8.40. The van der Waals surface area contributed by atoms with Crippen LogP contribution < -0.4 is 0 Å². The summed E-state index contributed by atoms with van der Waals surface area (Å²) < 4.78 is 0. The molecule has 0 aliphatic heterocycles. The smallest absolute Gasteiger partial charge is 0.346 e. The molecule has 66 valence electrons. The van der Waals surface area contributed by atoms with E-state index in [0.717, 1.165) is 11.3 Å². The number of aromatic carboxylic acids is 1. The molecule has 0 bridgehead atoms. The number of thiophene rings is 1. The number of hydrogen-bond acceptors (Lipinski definition) is 4. The molecule has 0 saturated heterocycles. The van der Waals surface area contributed by atoms with Gasteiger partial charge in [0.2, 0.25) is 0 Å². The molecular formula is C7H3ClN2O2S. The van der Waals surface area contributed by atoms with Gasteiger partial charge in [0.05, 0.1) is 6.20 Å². The van der Waals surface area contributed by atoms with Crippen LogP contribution in [0.3, 0.4) is 0 Å². The van der Waals surface area contributed by atoms with Crippen molar-refractivity contribution in [2.45, 2.75) is 0 Å². The number of rotatable bonds is 1. The number of carboxylic acid groups (broad SMARTS) is 1. The summed E-state index contributed by atoms with van der Waals surface area (Å²) in [5, 5.41) is 8.94. The molecule has 0 unspecified atom stereocenters. The van der Waals surface area contributed by atoms with Gasteiger partial charge in [-0.15, -0.1) is 11.3 Å². The second kappa shape index (κ2) is 2.93. The van der Waals surface area contributed by atoms with E-state index in [2.05, 4.69) is 9.97 Å². The van der Waals surface area contributed by atoms with Crippen molar-refractivity contribution in [1.82, 2.24) is 9.97 Å². The third kappa shape index (κ3) is 1.48. The van der Waals surface area contributed by atoms with Gasteiger partial charge >= 0.3 is 5.97 Å².